The van der Waals surface area contributed by atoms with Gasteiger partial charge in [0.1, 0.15) is 10.6 Å². The SMILES string of the molecule is CCOC(=O)c1c(I)c2c(n1Cc1ccc(C)cc1)-c1[nH]c(=O)c(S(=O)(=O)c3ccccc3)cc1CC2. The van der Waals surface area contributed by atoms with Crippen molar-refractivity contribution in [2.75, 3.05) is 6.61 Å². The molecule has 0 saturated heterocycles. The van der Waals surface area contributed by atoms with Crippen LogP contribution in [0, 0.1) is 10.5 Å². The molecule has 4 aromatic rings. The molecular weight excluding hydrogens is 603 g/mol. The Kier molecular flexibility index (Phi) is 6.84. The zero-order valence-corrected chi connectivity index (χ0v) is 23.4. The van der Waals surface area contributed by atoms with Gasteiger partial charge in [-0.15, -0.1) is 0 Å². The fourth-order valence-electron chi connectivity index (χ4n) is 4.73. The summed E-state index contributed by atoms with van der Waals surface area (Å²) in [5.41, 5.74) is 4.78. The topological polar surface area (TPSA) is 98.2 Å². The van der Waals surface area contributed by atoms with Crippen molar-refractivity contribution in [3.8, 4) is 11.4 Å². The molecule has 2 aromatic carbocycles. The molecule has 0 aliphatic heterocycles. The lowest BCUT2D eigenvalue weighted by Gasteiger charge is -2.21. The number of hydrogen-bond donors (Lipinski definition) is 1. The number of pyridine rings is 1. The number of aromatic amines is 1. The van der Waals surface area contributed by atoms with E-state index in [1.165, 1.54) is 18.2 Å². The monoisotopic (exact) mass is 628 g/mol. The summed E-state index contributed by atoms with van der Waals surface area (Å²) in [6, 6.07) is 17.5. The van der Waals surface area contributed by atoms with Crippen molar-refractivity contribution in [3.63, 3.8) is 0 Å². The Bertz CT molecular complexity index is 1670. The van der Waals surface area contributed by atoms with Crippen LogP contribution in [0.5, 0.6) is 0 Å². The summed E-state index contributed by atoms with van der Waals surface area (Å²) in [6.45, 7) is 4.41. The standard InChI is InChI=1S/C28H25IN2O5S/c1-3-36-28(33)26-23(29)21-14-13-19-15-22(37(34,35)20-7-5-4-6-8-20)27(32)30-24(19)25(21)31(26)16-18-11-9-17(2)10-12-18/h4-12,15H,3,13-14,16H2,1-2H3,(H,30,32). The number of nitrogens with one attached hydrogen (secondary N) is 1. The summed E-state index contributed by atoms with van der Waals surface area (Å²) < 4.78 is 34.6. The van der Waals surface area contributed by atoms with Crippen LogP contribution in [0.1, 0.15) is 39.7 Å². The molecule has 0 radical (unpaired) electrons. The predicted molar refractivity (Wildman–Crippen MR) is 149 cm³/mol. The summed E-state index contributed by atoms with van der Waals surface area (Å²) in [6.07, 6.45) is 1.13. The molecule has 0 saturated carbocycles. The molecule has 0 spiro atoms. The van der Waals surface area contributed by atoms with Crippen molar-refractivity contribution >= 4 is 38.4 Å². The van der Waals surface area contributed by atoms with Crippen LogP contribution in [0.25, 0.3) is 11.4 Å². The lowest BCUT2D eigenvalue weighted by Crippen LogP contribution is -2.22. The summed E-state index contributed by atoms with van der Waals surface area (Å²) in [5.74, 6) is -0.430. The average molecular weight is 628 g/mol. The van der Waals surface area contributed by atoms with Gasteiger partial charge < -0.3 is 14.3 Å². The summed E-state index contributed by atoms with van der Waals surface area (Å²) >= 11 is 2.17. The largest absolute Gasteiger partial charge is 0.461 e. The third kappa shape index (κ3) is 4.54. The molecule has 5 rings (SSSR count). The molecule has 0 amide bonds. The Morgan fingerprint density at radius 3 is 2.46 bits per heavy atom. The van der Waals surface area contributed by atoms with E-state index >= 15 is 0 Å². The van der Waals surface area contributed by atoms with E-state index in [1.54, 1.807) is 25.1 Å². The number of aryl methyl sites for hydroxylation is 2. The second-order valence-electron chi connectivity index (χ2n) is 8.96. The zero-order valence-electron chi connectivity index (χ0n) is 20.4. The number of halogens is 1. The molecule has 1 aliphatic rings. The Labute approximate surface area is 228 Å². The molecule has 0 atom stereocenters. The average Bonchev–Trinajstić information content (AvgIpc) is 3.17. The van der Waals surface area contributed by atoms with Crippen LogP contribution < -0.4 is 5.56 Å². The molecule has 1 aliphatic carbocycles. The number of fused-ring (bicyclic) bond motifs is 3. The maximum Gasteiger partial charge on any atom is 0.356 e. The molecule has 7 nitrogen and oxygen atoms in total. The van der Waals surface area contributed by atoms with Crippen LogP contribution in [0.15, 0.2) is 75.2 Å². The highest BCUT2D eigenvalue weighted by Gasteiger charge is 2.33. The van der Waals surface area contributed by atoms with Gasteiger partial charge in [-0.3, -0.25) is 4.79 Å². The quantitative estimate of drug-likeness (QED) is 0.242. The molecule has 190 valence electrons. The molecule has 1 N–H and O–H groups in total. The highest BCUT2D eigenvalue weighted by atomic mass is 127. The number of sulfone groups is 1. The van der Waals surface area contributed by atoms with Crippen LogP contribution in [-0.4, -0.2) is 30.5 Å². The first kappa shape index (κ1) is 25.5. The Morgan fingerprint density at radius 1 is 1.08 bits per heavy atom. The van der Waals surface area contributed by atoms with Gasteiger partial charge in [0.2, 0.25) is 9.84 Å². The predicted octanol–water partition coefficient (Wildman–Crippen LogP) is 4.91. The van der Waals surface area contributed by atoms with E-state index < -0.39 is 21.4 Å². The first-order valence-corrected chi connectivity index (χ1v) is 14.5. The number of carbonyl (C=O) groups excluding carboxylic acids is 1. The van der Waals surface area contributed by atoms with Crippen LogP contribution in [0.2, 0.25) is 0 Å². The highest BCUT2D eigenvalue weighted by Crippen LogP contribution is 2.39. The van der Waals surface area contributed by atoms with E-state index in [0.717, 1.165) is 31.5 Å². The van der Waals surface area contributed by atoms with Gasteiger partial charge in [0.05, 0.1) is 22.9 Å². The molecule has 0 bridgehead atoms. The molecule has 2 heterocycles. The van der Waals surface area contributed by atoms with Gasteiger partial charge in [-0.25, -0.2) is 13.2 Å². The fraction of sp³-hybridized carbons (Fsp3) is 0.214. The second kappa shape index (κ2) is 9.94. The van der Waals surface area contributed by atoms with E-state index in [2.05, 4.69) is 27.6 Å². The molecule has 0 fully saturated rings. The molecule has 37 heavy (non-hydrogen) atoms. The van der Waals surface area contributed by atoms with E-state index in [-0.39, 0.29) is 16.4 Å². The van der Waals surface area contributed by atoms with Gasteiger partial charge in [0.25, 0.3) is 5.56 Å². The minimum Gasteiger partial charge on any atom is -0.461 e. The fourth-order valence-corrected chi connectivity index (χ4v) is 7.13. The number of nitrogens with zero attached hydrogens (tertiary/aromatic N) is 1. The van der Waals surface area contributed by atoms with Crippen molar-refractivity contribution in [1.29, 1.82) is 0 Å². The maximum atomic E-state index is 13.3. The Morgan fingerprint density at radius 2 is 1.78 bits per heavy atom. The minimum atomic E-state index is -3.99. The van der Waals surface area contributed by atoms with E-state index in [4.69, 9.17) is 4.74 Å². The van der Waals surface area contributed by atoms with Crippen molar-refractivity contribution in [3.05, 3.63) is 103 Å². The number of aromatic nitrogens is 2. The summed E-state index contributed by atoms with van der Waals surface area (Å²) in [5, 5.41) is 0. The first-order valence-electron chi connectivity index (χ1n) is 11.9. The van der Waals surface area contributed by atoms with Crippen molar-refractivity contribution in [2.45, 2.75) is 43.0 Å². The van der Waals surface area contributed by atoms with E-state index in [1.807, 2.05) is 35.8 Å². The molecule has 9 heteroatoms. The van der Waals surface area contributed by atoms with Crippen molar-refractivity contribution in [1.82, 2.24) is 9.55 Å². The van der Waals surface area contributed by atoms with Gasteiger partial charge in [0, 0.05) is 10.1 Å². The third-order valence-electron chi connectivity index (χ3n) is 6.54. The van der Waals surface area contributed by atoms with Crippen LogP contribution >= 0.6 is 22.6 Å². The smallest absolute Gasteiger partial charge is 0.356 e. The Balaban J connectivity index is 1.71. The van der Waals surface area contributed by atoms with Gasteiger partial charge in [-0.2, -0.15) is 0 Å². The number of rotatable bonds is 6. The highest BCUT2D eigenvalue weighted by molar-refractivity contribution is 14.1. The molecule has 0 unspecified atom stereocenters. The molecule has 2 aromatic heterocycles. The van der Waals surface area contributed by atoms with Gasteiger partial charge in [-0.1, -0.05) is 48.0 Å². The Hall–Kier alpha value is -3.18. The number of H-pyrrole nitrogens is 1. The van der Waals surface area contributed by atoms with Crippen molar-refractivity contribution < 1.29 is 17.9 Å². The second-order valence-corrected chi connectivity index (χ2v) is 12.0. The van der Waals surface area contributed by atoms with Crippen LogP contribution in [-0.2, 0) is 34.0 Å². The van der Waals surface area contributed by atoms with Crippen molar-refractivity contribution in [2.24, 2.45) is 0 Å². The summed E-state index contributed by atoms with van der Waals surface area (Å²) in [7, 11) is -3.99. The van der Waals surface area contributed by atoms with Crippen LogP contribution in [0.4, 0.5) is 0 Å². The lowest BCUT2D eigenvalue weighted by molar-refractivity contribution is 0.0513. The number of ether oxygens (including phenoxy) is 1. The zero-order chi connectivity index (χ0) is 26.3. The van der Waals surface area contributed by atoms with Gasteiger partial charge in [-0.05, 0) is 84.2 Å². The van der Waals surface area contributed by atoms with Crippen LogP contribution in [0.3, 0.4) is 0 Å². The number of hydrogen-bond acceptors (Lipinski definition) is 5. The van der Waals surface area contributed by atoms with E-state index in [9.17, 15) is 18.0 Å². The minimum absolute atomic E-state index is 0.0684. The first-order chi connectivity index (χ1) is 17.7. The lowest BCUT2D eigenvalue weighted by atomic mass is 9.94. The number of esters is 1. The van der Waals surface area contributed by atoms with E-state index in [0.29, 0.717) is 30.8 Å². The third-order valence-corrected chi connectivity index (χ3v) is 9.48. The normalized spacial score (nSPS) is 12.6. The number of carbonyl (C=O) groups is 1. The summed E-state index contributed by atoms with van der Waals surface area (Å²) in [4.78, 5) is 28.9. The molecular formula is C28H25IN2O5S. The van der Waals surface area contributed by atoms with Gasteiger partial charge >= 0.3 is 5.97 Å². The van der Waals surface area contributed by atoms with Gasteiger partial charge in [0.15, 0.2) is 0 Å². The number of benzene rings is 2. The maximum absolute atomic E-state index is 13.3.